The largest absolute Gasteiger partial charge is 0.466 e. The predicted molar refractivity (Wildman–Crippen MR) is 103 cm³/mol. The molecule has 1 heterocycles. The molecule has 26 heavy (non-hydrogen) atoms. The lowest BCUT2D eigenvalue weighted by molar-refractivity contribution is -0.142. The van der Waals surface area contributed by atoms with Crippen LogP contribution in [0.3, 0.4) is 0 Å². The van der Waals surface area contributed by atoms with E-state index in [1.165, 1.54) is 5.56 Å². The zero-order valence-corrected chi connectivity index (χ0v) is 16.4. The molecule has 0 saturated carbocycles. The van der Waals surface area contributed by atoms with E-state index in [2.05, 4.69) is 42.9 Å². The van der Waals surface area contributed by atoms with Gasteiger partial charge in [-0.15, -0.1) is 0 Å². The SMILES string of the molecule is CCOC(=O)Cc1c(C)nc(N(CC)c2c(C)cc(C)cc2C)[nH]c1=O. The first-order valence-electron chi connectivity index (χ1n) is 8.89. The van der Waals surface area contributed by atoms with Crippen molar-refractivity contribution in [2.75, 3.05) is 18.1 Å². The van der Waals surface area contributed by atoms with E-state index in [4.69, 9.17) is 4.74 Å². The minimum Gasteiger partial charge on any atom is -0.466 e. The molecular weight excluding hydrogens is 330 g/mol. The highest BCUT2D eigenvalue weighted by Gasteiger charge is 2.19. The standard InChI is InChI=1S/C20H27N3O3/c1-7-23(18-13(4)9-12(3)10-14(18)5)20-21-15(6)16(19(25)22-20)11-17(24)26-8-2/h9-10H,7-8,11H2,1-6H3,(H,21,22,25). The number of esters is 1. The van der Waals surface area contributed by atoms with E-state index in [-0.39, 0.29) is 18.6 Å². The van der Waals surface area contributed by atoms with Crippen molar-refractivity contribution in [1.29, 1.82) is 0 Å². The van der Waals surface area contributed by atoms with Crippen LogP contribution in [0.2, 0.25) is 0 Å². The Labute approximate surface area is 154 Å². The lowest BCUT2D eigenvalue weighted by Crippen LogP contribution is -2.27. The monoisotopic (exact) mass is 357 g/mol. The van der Waals surface area contributed by atoms with Crippen LogP contribution >= 0.6 is 0 Å². The molecule has 0 aliphatic heterocycles. The Kier molecular flexibility index (Phi) is 6.18. The number of H-pyrrole nitrogens is 1. The summed E-state index contributed by atoms with van der Waals surface area (Å²) in [5.74, 6) is 0.0610. The Morgan fingerprint density at radius 1 is 1.15 bits per heavy atom. The molecule has 0 radical (unpaired) electrons. The molecule has 0 fully saturated rings. The maximum Gasteiger partial charge on any atom is 0.310 e. The van der Waals surface area contributed by atoms with Gasteiger partial charge < -0.3 is 9.64 Å². The van der Waals surface area contributed by atoms with Gasteiger partial charge in [-0.2, -0.15) is 0 Å². The molecule has 0 unspecified atom stereocenters. The van der Waals surface area contributed by atoms with E-state index in [9.17, 15) is 9.59 Å². The lowest BCUT2D eigenvalue weighted by atomic mass is 10.0. The molecule has 0 aliphatic carbocycles. The van der Waals surface area contributed by atoms with Crippen LogP contribution in [0.1, 0.15) is 41.8 Å². The highest BCUT2D eigenvalue weighted by molar-refractivity contribution is 5.73. The molecule has 6 nitrogen and oxygen atoms in total. The second-order valence-electron chi connectivity index (χ2n) is 6.43. The van der Waals surface area contributed by atoms with Crippen LogP contribution in [0.4, 0.5) is 11.6 Å². The Bertz CT molecular complexity index is 848. The number of aromatic nitrogens is 2. The van der Waals surface area contributed by atoms with Gasteiger partial charge in [0.25, 0.3) is 5.56 Å². The van der Waals surface area contributed by atoms with Crippen LogP contribution in [-0.2, 0) is 16.0 Å². The van der Waals surface area contributed by atoms with Gasteiger partial charge in [-0.1, -0.05) is 17.7 Å². The second-order valence-corrected chi connectivity index (χ2v) is 6.43. The number of aromatic amines is 1. The van der Waals surface area contributed by atoms with Gasteiger partial charge in [-0.3, -0.25) is 14.6 Å². The van der Waals surface area contributed by atoms with E-state index in [1.54, 1.807) is 13.8 Å². The first-order valence-corrected chi connectivity index (χ1v) is 8.89. The van der Waals surface area contributed by atoms with Crippen molar-refractivity contribution in [3.05, 3.63) is 50.4 Å². The van der Waals surface area contributed by atoms with Crippen molar-refractivity contribution >= 4 is 17.6 Å². The van der Waals surface area contributed by atoms with Gasteiger partial charge >= 0.3 is 5.97 Å². The summed E-state index contributed by atoms with van der Waals surface area (Å²) in [5, 5.41) is 0. The van der Waals surface area contributed by atoms with Gasteiger partial charge in [-0.05, 0) is 52.7 Å². The fourth-order valence-corrected chi connectivity index (χ4v) is 3.30. The fraction of sp³-hybridized carbons (Fsp3) is 0.450. The summed E-state index contributed by atoms with van der Waals surface area (Å²) < 4.78 is 4.94. The second kappa shape index (κ2) is 8.17. The summed E-state index contributed by atoms with van der Waals surface area (Å²) in [6, 6.07) is 4.23. The molecule has 0 saturated heterocycles. The number of ether oxygens (including phenoxy) is 1. The maximum atomic E-state index is 12.5. The van der Waals surface area contributed by atoms with Crippen molar-refractivity contribution < 1.29 is 9.53 Å². The number of anilines is 2. The van der Waals surface area contributed by atoms with Crippen LogP contribution in [0.5, 0.6) is 0 Å². The zero-order valence-electron chi connectivity index (χ0n) is 16.4. The Morgan fingerprint density at radius 3 is 2.27 bits per heavy atom. The Morgan fingerprint density at radius 2 is 1.77 bits per heavy atom. The summed E-state index contributed by atoms with van der Waals surface area (Å²) in [5.41, 5.74) is 5.07. The van der Waals surface area contributed by atoms with E-state index >= 15 is 0 Å². The molecule has 0 aliphatic rings. The summed E-state index contributed by atoms with van der Waals surface area (Å²) in [6.45, 7) is 12.6. The average molecular weight is 357 g/mol. The van der Waals surface area contributed by atoms with Crippen molar-refractivity contribution in [2.45, 2.75) is 48.0 Å². The molecule has 2 aromatic rings. The first kappa shape index (κ1) is 19.7. The van der Waals surface area contributed by atoms with Gasteiger partial charge in [0, 0.05) is 17.8 Å². The molecule has 1 N–H and O–H groups in total. The van der Waals surface area contributed by atoms with Crippen LogP contribution in [0, 0.1) is 27.7 Å². The number of nitrogens with one attached hydrogen (secondary N) is 1. The highest BCUT2D eigenvalue weighted by atomic mass is 16.5. The Balaban J connectivity index is 2.48. The summed E-state index contributed by atoms with van der Waals surface area (Å²) in [6.07, 6.45) is -0.0724. The maximum absolute atomic E-state index is 12.5. The number of hydrogen-bond acceptors (Lipinski definition) is 5. The molecule has 0 atom stereocenters. The normalized spacial score (nSPS) is 10.7. The zero-order chi connectivity index (χ0) is 19.4. The van der Waals surface area contributed by atoms with Gasteiger partial charge in [0.2, 0.25) is 5.95 Å². The predicted octanol–water partition coefficient (Wildman–Crippen LogP) is 3.27. The third kappa shape index (κ3) is 4.12. The molecule has 6 heteroatoms. The molecule has 1 aromatic heterocycles. The van der Waals surface area contributed by atoms with E-state index in [0.29, 0.717) is 23.8 Å². The van der Waals surface area contributed by atoms with Crippen molar-refractivity contribution in [3.8, 4) is 0 Å². The molecule has 0 spiro atoms. The smallest absolute Gasteiger partial charge is 0.310 e. The molecule has 140 valence electrons. The van der Waals surface area contributed by atoms with Gasteiger partial charge in [-0.25, -0.2) is 4.98 Å². The number of carbonyl (C=O) groups excluding carboxylic acids is 1. The minimum absolute atomic E-state index is 0.0724. The molecule has 0 amide bonds. The number of aryl methyl sites for hydroxylation is 4. The topological polar surface area (TPSA) is 75.3 Å². The van der Waals surface area contributed by atoms with Crippen LogP contribution in [0.15, 0.2) is 16.9 Å². The summed E-state index contributed by atoms with van der Waals surface area (Å²) >= 11 is 0. The average Bonchev–Trinajstić information content (AvgIpc) is 2.54. The van der Waals surface area contributed by atoms with E-state index in [1.807, 2.05) is 11.8 Å². The lowest BCUT2D eigenvalue weighted by Gasteiger charge is -2.26. The number of carbonyl (C=O) groups is 1. The van der Waals surface area contributed by atoms with Crippen LogP contribution in [-0.4, -0.2) is 29.1 Å². The van der Waals surface area contributed by atoms with Crippen LogP contribution < -0.4 is 10.5 Å². The fourth-order valence-electron chi connectivity index (χ4n) is 3.30. The number of benzene rings is 1. The Hall–Kier alpha value is -2.63. The minimum atomic E-state index is -0.423. The number of hydrogen-bond donors (Lipinski definition) is 1. The molecule has 2 rings (SSSR count). The van der Waals surface area contributed by atoms with Crippen molar-refractivity contribution in [2.24, 2.45) is 0 Å². The highest BCUT2D eigenvalue weighted by Crippen LogP contribution is 2.30. The first-order chi connectivity index (χ1) is 12.3. The van der Waals surface area contributed by atoms with Gasteiger partial charge in [0.05, 0.1) is 18.7 Å². The number of rotatable bonds is 6. The third-order valence-electron chi connectivity index (χ3n) is 4.31. The summed E-state index contributed by atoms with van der Waals surface area (Å²) in [4.78, 5) is 33.7. The molecule has 0 bridgehead atoms. The van der Waals surface area contributed by atoms with E-state index < -0.39 is 5.97 Å². The summed E-state index contributed by atoms with van der Waals surface area (Å²) in [7, 11) is 0. The molecular formula is C20H27N3O3. The van der Waals surface area contributed by atoms with Crippen molar-refractivity contribution in [3.63, 3.8) is 0 Å². The van der Waals surface area contributed by atoms with E-state index in [0.717, 1.165) is 16.8 Å². The van der Waals surface area contributed by atoms with Crippen molar-refractivity contribution in [1.82, 2.24) is 9.97 Å². The molecule has 1 aromatic carbocycles. The number of nitrogens with zero attached hydrogens (tertiary/aromatic N) is 2. The van der Waals surface area contributed by atoms with Gasteiger partial charge in [0.15, 0.2) is 0 Å². The van der Waals surface area contributed by atoms with Crippen LogP contribution in [0.25, 0.3) is 0 Å². The van der Waals surface area contributed by atoms with Gasteiger partial charge in [0.1, 0.15) is 0 Å². The quantitative estimate of drug-likeness (QED) is 0.803. The third-order valence-corrected chi connectivity index (χ3v) is 4.31.